The first-order valence-corrected chi connectivity index (χ1v) is 9.51. The monoisotopic (exact) mass is 395 g/mol. The summed E-state index contributed by atoms with van der Waals surface area (Å²) in [4.78, 5) is 16.2. The number of halogens is 1. The summed E-state index contributed by atoms with van der Waals surface area (Å²) < 4.78 is 6.02. The van der Waals surface area contributed by atoms with E-state index in [4.69, 9.17) is 16.3 Å². The Balaban J connectivity index is 1.97. The third-order valence-corrected chi connectivity index (χ3v) is 4.50. The molecule has 1 N–H and O–H groups in total. The zero-order valence-electron chi connectivity index (χ0n) is 15.9. The van der Waals surface area contributed by atoms with E-state index in [0.717, 1.165) is 11.1 Å². The SMILES string of the molecule is CC(C)Cc1nc(-c2ccc(Cl)cc2OCc2ccccc2)ccc1C(=O)O. The molecular weight excluding hydrogens is 374 g/mol. The molecule has 0 radical (unpaired) electrons. The van der Waals surface area contributed by atoms with Crippen molar-refractivity contribution in [2.75, 3.05) is 0 Å². The molecule has 0 spiro atoms. The van der Waals surface area contributed by atoms with Crippen molar-refractivity contribution in [2.45, 2.75) is 26.9 Å². The van der Waals surface area contributed by atoms with Gasteiger partial charge in [-0.05, 0) is 48.2 Å². The number of pyridine rings is 1. The van der Waals surface area contributed by atoms with Crippen molar-refractivity contribution in [1.29, 1.82) is 0 Å². The van der Waals surface area contributed by atoms with E-state index < -0.39 is 5.97 Å². The zero-order chi connectivity index (χ0) is 20.1. The number of hydrogen-bond donors (Lipinski definition) is 1. The minimum atomic E-state index is -0.966. The van der Waals surface area contributed by atoms with Crippen LogP contribution in [0, 0.1) is 5.92 Å². The summed E-state index contributed by atoms with van der Waals surface area (Å²) in [7, 11) is 0. The van der Waals surface area contributed by atoms with Crippen LogP contribution in [0.5, 0.6) is 5.75 Å². The molecule has 1 aromatic heterocycles. The fourth-order valence-electron chi connectivity index (χ4n) is 2.95. The average Bonchev–Trinajstić information content (AvgIpc) is 2.66. The van der Waals surface area contributed by atoms with E-state index >= 15 is 0 Å². The van der Waals surface area contributed by atoms with Gasteiger partial charge < -0.3 is 9.84 Å². The topological polar surface area (TPSA) is 59.4 Å². The highest BCUT2D eigenvalue weighted by molar-refractivity contribution is 6.30. The van der Waals surface area contributed by atoms with Crippen LogP contribution in [0.25, 0.3) is 11.3 Å². The maximum atomic E-state index is 11.5. The van der Waals surface area contributed by atoms with Crippen LogP contribution in [-0.4, -0.2) is 16.1 Å². The standard InChI is InChI=1S/C23H22ClNO3/c1-15(2)12-21-19(23(26)27)10-11-20(25-21)18-9-8-17(24)13-22(18)28-14-16-6-4-3-5-7-16/h3-11,13,15H,12,14H2,1-2H3,(H,26,27). The Kier molecular flexibility index (Phi) is 6.32. The van der Waals surface area contributed by atoms with Crippen molar-refractivity contribution in [3.63, 3.8) is 0 Å². The molecule has 0 aliphatic rings. The molecule has 3 aromatic rings. The number of carboxylic acids is 1. The van der Waals surface area contributed by atoms with Gasteiger partial charge in [0.05, 0.1) is 17.0 Å². The van der Waals surface area contributed by atoms with Crippen molar-refractivity contribution >= 4 is 17.6 Å². The van der Waals surface area contributed by atoms with Crippen LogP contribution in [0.3, 0.4) is 0 Å². The lowest BCUT2D eigenvalue weighted by Gasteiger charge is -2.14. The summed E-state index contributed by atoms with van der Waals surface area (Å²) in [5.74, 6) is -0.0614. The third kappa shape index (κ3) is 4.90. The maximum Gasteiger partial charge on any atom is 0.337 e. The number of ether oxygens (including phenoxy) is 1. The van der Waals surface area contributed by atoms with Gasteiger partial charge in [-0.3, -0.25) is 4.98 Å². The van der Waals surface area contributed by atoms with Crippen molar-refractivity contribution in [3.05, 3.63) is 82.5 Å². The Hall–Kier alpha value is -2.85. The second-order valence-electron chi connectivity index (χ2n) is 7.01. The molecule has 0 saturated heterocycles. The minimum absolute atomic E-state index is 0.234. The number of hydrogen-bond acceptors (Lipinski definition) is 3. The van der Waals surface area contributed by atoms with E-state index in [9.17, 15) is 9.90 Å². The van der Waals surface area contributed by atoms with E-state index in [1.807, 2.05) is 50.2 Å². The van der Waals surface area contributed by atoms with Gasteiger partial charge in [0.15, 0.2) is 0 Å². The van der Waals surface area contributed by atoms with Crippen molar-refractivity contribution in [3.8, 4) is 17.0 Å². The largest absolute Gasteiger partial charge is 0.488 e. The molecule has 4 nitrogen and oxygen atoms in total. The lowest BCUT2D eigenvalue weighted by Crippen LogP contribution is -2.08. The van der Waals surface area contributed by atoms with Crippen molar-refractivity contribution in [1.82, 2.24) is 4.98 Å². The van der Waals surface area contributed by atoms with Crippen LogP contribution in [0.1, 0.15) is 35.5 Å². The smallest absolute Gasteiger partial charge is 0.337 e. The molecule has 0 unspecified atom stereocenters. The molecule has 0 bridgehead atoms. The number of carbonyl (C=O) groups is 1. The molecule has 0 fully saturated rings. The van der Waals surface area contributed by atoms with E-state index in [0.29, 0.717) is 41.1 Å². The van der Waals surface area contributed by atoms with E-state index in [2.05, 4.69) is 4.98 Å². The fourth-order valence-corrected chi connectivity index (χ4v) is 3.11. The summed E-state index contributed by atoms with van der Waals surface area (Å²) in [5, 5.41) is 10.0. The molecule has 5 heteroatoms. The van der Waals surface area contributed by atoms with Gasteiger partial charge in [0.25, 0.3) is 0 Å². The summed E-state index contributed by atoms with van der Waals surface area (Å²) >= 11 is 6.17. The lowest BCUT2D eigenvalue weighted by molar-refractivity contribution is 0.0695. The molecule has 144 valence electrons. The first-order chi connectivity index (χ1) is 13.4. The van der Waals surface area contributed by atoms with E-state index in [1.165, 1.54) is 0 Å². The number of rotatable bonds is 7. The highest BCUT2D eigenvalue weighted by Crippen LogP contribution is 2.33. The third-order valence-electron chi connectivity index (χ3n) is 4.26. The van der Waals surface area contributed by atoms with Gasteiger partial charge in [0.2, 0.25) is 0 Å². The fraction of sp³-hybridized carbons (Fsp3) is 0.217. The van der Waals surface area contributed by atoms with Crippen LogP contribution >= 0.6 is 11.6 Å². The molecule has 2 aromatic carbocycles. The molecule has 0 atom stereocenters. The number of benzene rings is 2. The van der Waals surface area contributed by atoms with Crippen LogP contribution in [0.15, 0.2) is 60.7 Å². The van der Waals surface area contributed by atoms with Gasteiger partial charge in [-0.1, -0.05) is 55.8 Å². The predicted molar refractivity (Wildman–Crippen MR) is 111 cm³/mol. The summed E-state index contributed by atoms with van der Waals surface area (Å²) in [5.41, 5.74) is 3.30. The summed E-state index contributed by atoms with van der Waals surface area (Å²) in [6.07, 6.45) is 0.587. The molecule has 28 heavy (non-hydrogen) atoms. The summed E-state index contributed by atoms with van der Waals surface area (Å²) in [6.45, 7) is 4.48. The number of nitrogens with zero attached hydrogens (tertiary/aromatic N) is 1. The average molecular weight is 396 g/mol. The lowest BCUT2D eigenvalue weighted by atomic mass is 10.0. The number of aromatic carboxylic acids is 1. The molecule has 0 aliphatic heterocycles. The Labute approximate surface area is 169 Å². The Morgan fingerprint density at radius 2 is 1.86 bits per heavy atom. The second-order valence-corrected chi connectivity index (χ2v) is 7.45. The molecular formula is C23H22ClNO3. The minimum Gasteiger partial charge on any atom is -0.488 e. The Bertz CT molecular complexity index is 971. The van der Waals surface area contributed by atoms with Crippen LogP contribution in [0.2, 0.25) is 5.02 Å². The predicted octanol–water partition coefficient (Wildman–Crippen LogP) is 5.88. The molecule has 0 amide bonds. The van der Waals surface area contributed by atoms with E-state index in [1.54, 1.807) is 24.3 Å². The number of carboxylic acid groups (broad SMARTS) is 1. The second kappa shape index (κ2) is 8.89. The summed E-state index contributed by atoms with van der Waals surface area (Å²) in [6, 6.07) is 18.6. The molecule has 0 aliphatic carbocycles. The Morgan fingerprint density at radius 3 is 2.54 bits per heavy atom. The van der Waals surface area contributed by atoms with Gasteiger partial charge in [-0.2, -0.15) is 0 Å². The van der Waals surface area contributed by atoms with Crippen molar-refractivity contribution < 1.29 is 14.6 Å². The van der Waals surface area contributed by atoms with Gasteiger partial charge >= 0.3 is 5.97 Å². The van der Waals surface area contributed by atoms with Crippen LogP contribution in [-0.2, 0) is 13.0 Å². The van der Waals surface area contributed by atoms with E-state index in [-0.39, 0.29) is 5.56 Å². The normalized spacial score (nSPS) is 10.9. The van der Waals surface area contributed by atoms with Gasteiger partial charge in [0.1, 0.15) is 12.4 Å². The highest BCUT2D eigenvalue weighted by Gasteiger charge is 2.16. The maximum absolute atomic E-state index is 11.5. The highest BCUT2D eigenvalue weighted by atomic mass is 35.5. The van der Waals surface area contributed by atoms with Gasteiger partial charge in [0, 0.05) is 10.6 Å². The zero-order valence-corrected chi connectivity index (χ0v) is 16.6. The van der Waals surface area contributed by atoms with Gasteiger partial charge in [-0.25, -0.2) is 4.79 Å². The van der Waals surface area contributed by atoms with Crippen molar-refractivity contribution in [2.24, 2.45) is 5.92 Å². The van der Waals surface area contributed by atoms with Crippen LogP contribution < -0.4 is 4.74 Å². The molecule has 0 saturated carbocycles. The molecule has 3 rings (SSSR count). The van der Waals surface area contributed by atoms with Gasteiger partial charge in [-0.15, -0.1) is 0 Å². The first kappa shape index (κ1) is 19.9. The first-order valence-electron chi connectivity index (χ1n) is 9.14. The van der Waals surface area contributed by atoms with Crippen LogP contribution in [0.4, 0.5) is 0 Å². The Morgan fingerprint density at radius 1 is 1.11 bits per heavy atom. The quantitative estimate of drug-likeness (QED) is 0.542. The molecule has 1 heterocycles. The number of aromatic nitrogens is 1.